The van der Waals surface area contributed by atoms with E-state index in [-0.39, 0.29) is 22.3 Å². The van der Waals surface area contributed by atoms with Gasteiger partial charge in [0.1, 0.15) is 3.70 Å². The van der Waals surface area contributed by atoms with Crippen molar-refractivity contribution in [3.05, 3.63) is 26.8 Å². The van der Waals surface area contributed by atoms with E-state index in [1.807, 2.05) is 0 Å². The van der Waals surface area contributed by atoms with Crippen LogP contribution in [-0.4, -0.2) is 17.6 Å². The predicted octanol–water partition coefficient (Wildman–Crippen LogP) is 2.87. The van der Waals surface area contributed by atoms with Crippen molar-refractivity contribution in [3.8, 4) is 0 Å². The topological polar surface area (TPSA) is 39.2 Å². The molecule has 1 aromatic heterocycles. The molecule has 94 valence electrons. The van der Waals surface area contributed by atoms with Crippen LogP contribution < -0.4 is 0 Å². The van der Waals surface area contributed by atoms with Gasteiger partial charge < -0.3 is 4.74 Å². The summed E-state index contributed by atoms with van der Waals surface area (Å²) in [6.07, 6.45) is -3.19. The Balaban J connectivity index is 3.08. The Kier molecular flexibility index (Phi) is 5.16. The number of alkyl halides is 2. The normalized spacial score (nSPS) is 10.7. The molecule has 3 nitrogen and oxygen atoms in total. The highest BCUT2D eigenvalue weighted by Gasteiger charge is 2.21. The van der Waals surface area contributed by atoms with E-state index in [0.29, 0.717) is 0 Å². The fourth-order valence-electron chi connectivity index (χ4n) is 1.28. The molecular formula is C10H9F3INO2. The number of hydrogen-bond donors (Lipinski definition) is 0. The number of ether oxygens (including phenoxy) is 1. The summed E-state index contributed by atoms with van der Waals surface area (Å²) in [6, 6.07) is 0.834. The maximum atomic E-state index is 13.0. The maximum Gasteiger partial charge on any atom is 0.310 e. The number of aromatic nitrogens is 1. The van der Waals surface area contributed by atoms with Crippen LogP contribution in [0.5, 0.6) is 0 Å². The van der Waals surface area contributed by atoms with Crippen molar-refractivity contribution < 1.29 is 22.7 Å². The summed E-state index contributed by atoms with van der Waals surface area (Å²) in [5.41, 5.74) is -0.504. The second-order valence-corrected chi connectivity index (χ2v) is 4.11. The molecule has 7 heteroatoms. The van der Waals surface area contributed by atoms with Gasteiger partial charge in [-0.25, -0.2) is 13.8 Å². The third-order valence-electron chi connectivity index (χ3n) is 1.92. The lowest BCUT2D eigenvalue weighted by Crippen LogP contribution is -2.11. The van der Waals surface area contributed by atoms with Gasteiger partial charge in [-0.15, -0.1) is 0 Å². The number of carbonyl (C=O) groups excluding carboxylic acids is 1. The lowest BCUT2D eigenvalue weighted by molar-refractivity contribution is -0.142. The Morgan fingerprint density at radius 2 is 2.24 bits per heavy atom. The van der Waals surface area contributed by atoms with E-state index in [1.54, 1.807) is 6.92 Å². The minimum atomic E-state index is -2.81. The Bertz CT molecular complexity index is 426. The van der Waals surface area contributed by atoms with Gasteiger partial charge in [0.05, 0.1) is 18.6 Å². The predicted molar refractivity (Wildman–Crippen MR) is 62.2 cm³/mol. The van der Waals surface area contributed by atoms with Crippen LogP contribution in [0.25, 0.3) is 0 Å². The molecule has 0 unspecified atom stereocenters. The van der Waals surface area contributed by atoms with Crippen LogP contribution in [-0.2, 0) is 16.0 Å². The van der Waals surface area contributed by atoms with Crippen molar-refractivity contribution in [1.29, 1.82) is 0 Å². The van der Waals surface area contributed by atoms with E-state index in [0.717, 1.165) is 6.07 Å². The highest BCUT2D eigenvalue weighted by atomic mass is 127. The number of esters is 1. The standard InChI is InChI=1S/C10H9F3INO2/c1-2-17-7(16)4-5-3-6(11)15-10(14)8(5)9(12)13/h3,9H,2,4H2,1H3. The Morgan fingerprint density at radius 3 is 2.76 bits per heavy atom. The number of rotatable bonds is 4. The molecule has 0 aliphatic rings. The van der Waals surface area contributed by atoms with Gasteiger partial charge in [-0.2, -0.15) is 4.39 Å². The highest BCUT2D eigenvalue weighted by Crippen LogP contribution is 2.27. The fraction of sp³-hybridized carbons (Fsp3) is 0.400. The zero-order valence-electron chi connectivity index (χ0n) is 8.84. The van der Waals surface area contributed by atoms with Crippen LogP contribution in [0.15, 0.2) is 6.07 Å². The lowest BCUT2D eigenvalue weighted by Gasteiger charge is -2.10. The zero-order chi connectivity index (χ0) is 13.0. The van der Waals surface area contributed by atoms with E-state index in [1.165, 1.54) is 22.6 Å². The molecule has 0 amide bonds. The number of carbonyl (C=O) groups is 1. The summed E-state index contributed by atoms with van der Waals surface area (Å²) < 4.78 is 43.0. The molecule has 0 radical (unpaired) electrons. The largest absolute Gasteiger partial charge is 0.466 e. The van der Waals surface area contributed by atoms with Crippen LogP contribution >= 0.6 is 22.6 Å². The first kappa shape index (κ1) is 14.2. The molecule has 0 aliphatic heterocycles. The summed E-state index contributed by atoms with van der Waals surface area (Å²) in [5.74, 6) is -1.56. The molecule has 0 bridgehead atoms. The minimum Gasteiger partial charge on any atom is -0.466 e. The molecule has 0 spiro atoms. The Labute approximate surface area is 110 Å². The van der Waals surface area contributed by atoms with Gasteiger partial charge in [-0.1, -0.05) is 0 Å². The Hall–Kier alpha value is -0.860. The van der Waals surface area contributed by atoms with E-state index >= 15 is 0 Å². The third-order valence-corrected chi connectivity index (χ3v) is 2.75. The van der Waals surface area contributed by atoms with Crippen molar-refractivity contribution in [2.24, 2.45) is 0 Å². The number of halogens is 4. The molecule has 1 heterocycles. The lowest BCUT2D eigenvalue weighted by atomic mass is 10.1. The quantitative estimate of drug-likeness (QED) is 0.472. The molecule has 0 saturated heterocycles. The second-order valence-electron chi connectivity index (χ2n) is 3.09. The van der Waals surface area contributed by atoms with Gasteiger partial charge in [-0.3, -0.25) is 4.79 Å². The molecule has 0 aromatic carbocycles. The van der Waals surface area contributed by atoms with Crippen LogP contribution in [0, 0.1) is 9.65 Å². The van der Waals surface area contributed by atoms with Crippen LogP contribution in [0.3, 0.4) is 0 Å². The average Bonchev–Trinajstić information content (AvgIpc) is 2.15. The minimum absolute atomic E-state index is 0.0876. The molecule has 0 aliphatic carbocycles. The fourth-order valence-corrected chi connectivity index (χ4v) is 2.10. The summed E-state index contributed by atoms with van der Waals surface area (Å²) in [4.78, 5) is 14.5. The first-order chi connectivity index (χ1) is 7.95. The van der Waals surface area contributed by atoms with Crippen molar-refractivity contribution in [2.45, 2.75) is 19.8 Å². The van der Waals surface area contributed by atoms with Crippen LogP contribution in [0.1, 0.15) is 24.5 Å². The van der Waals surface area contributed by atoms with Crippen molar-refractivity contribution in [2.75, 3.05) is 6.61 Å². The molecule has 0 atom stereocenters. The van der Waals surface area contributed by atoms with Gasteiger partial charge >= 0.3 is 5.97 Å². The average molecular weight is 359 g/mol. The van der Waals surface area contributed by atoms with Crippen molar-refractivity contribution in [3.63, 3.8) is 0 Å². The summed E-state index contributed by atoms with van der Waals surface area (Å²) in [6.45, 7) is 1.75. The summed E-state index contributed by atoms with van der Waals surface area (Å²) in [7, 11) is 0. The number of pyridine rings is 1. The van der Waals surface area contributed by atoms with Crippen LogP contribution in [0.2, 0.25) is 0 Å². The zero-order valence-corrected chi connectivity index (χ0v) is 11.0. The maximum absolute atomic E-state index is 13.0. The monoisotopic (exact) mass is 359 g/mol. The van der Waals surface area contributed by atoms with E-state index in [4.69, 9.17) is 0 Å². The smallest absolute Gasteiger partial charge is 0.310 e. The summed E-state index contributed by atoms with van der Waals surface area (Å²) >= 11 is 1.51. The molecule has 0 fully saturated rings. The van der Waals surface area contributed by atoms with Gasteiger partial charge in [0.2, 0.25) is 5.95 Å². The van der Waals surface area contributed by atoms with E-state index in [9.17, 15) is 18.0 Å². The van der Waals surface area contributed by atoms with Gasteiger partial charge in [0, 0.05) is 0 Å². The second kappa shape index (κ2) is 6.18. The van der Waals surface area contributed by atoms with E-state index < -0.39 is 23.9 Å². The van der Waals surface area contributed by atoms with E-state index in [2.05, 4.69) is 9.72 Å². The molecular weight excluding hydrogens is 350 g/mol. The SMILES string of the molecule is CCOC(=O)Cc1cc(F)nc(I)c1C(F)F. The Morgan fingerprint density at radius 1 is 1.59 bits per heavy atom. The molecule has 1 aromatic rings. The highest BCUT2D eigenvalue weighted by molar-refractivity contribution is 14.1. The number of hydrogen-bond acceptors (Lipinski definition) is 3. The van der Waals surface area contributed by atoms with Crippen molar-refractivity contribution >= 4 is 28.6 Å². The van der Waals surface area contributed by atoms with Crippen LogP contribution in [0.4, 0.5) is 13.2 Å². The van der Waals surface area contributed by atoms with Gasteiger partial charge in [0.15, 0.2) is 0 Å². The molecule has 0 N–H and O–H groups in total. The summed E-state index contributed by atoms with van der Waals surface area (Å²) in [5, 5.41) is 0. The number of nitrogens with zero attached hydrogens (tertiary/aromatic N) is 1. The first-order valence-electron chi connectivity index (χ1n) is 4.74. The van der Waals surface area contributed by atoms with Gasteiger partial charge in [-0.05, 0) is 41.1 Å². The molecule has 0 saturated carbocycles. The molecule has 17 heavy (non-hydrogen) atoms. The van der Waals surface area contributed by atoms with Crippen molar-refractivity contribution in [1.82, 2.24) is 4.98 Å². The molecule has 1 rings (SSSR count). The third kappa shape index (κ3) is 3.83. The first-order valence-corrected chi connectivity index (χ1v) is 5.82. The van der Waals surface area contributed by atoms with Gasteiger partial charge in [0.25, 0.3) is 6.43 Å².